The van der Waals surface area contributed by atoms with Crippen molar-refractivity contribution in [3.8, 4) is 0 Å². The Morgan fingerprint density at radius 3 is 2.52 bits per heavy atom. The molecule has 2 aromatic heterocycles. The first-order valence-corrected chi connectivity index (χ1v) is 10.1. The summed E-state index contributed by atoms with van der Waals surface area (Å²) >= 11 is 7.50. The fourth-order valence-electron chi connectivity index (χ4n) is 2.91. The molecule has 0 radical (unpaired) electrons. The lowest BCUT2D eigenvalue weighted by atomic mass is 10.1. The third-order valence-corrected chi connectivity index (χ3v) is 5.69. The van der Waals surface area contributed by atoms with Crippen molar-refractivity contribution in [3.05, 3.63) is 88.7 Å². The number of fused-ring (bicyclic) bond motifs is 1. The molecule has 0 unspecified atom stereocenters. The number of carbonyl (C=O) groups is 2. The van der Waals surface area contributed by atoms with E-state index in [4.69, 9.17) is 11.6 Å². The van der Waals surface area contributed by atoms with Crippen LogP contribution in [0.3, 0.4) is 0 Å². The maximum absolute atomic E-state index is 13.3. The molecule has 29 heavy (non-hydrogen) atoms. The van der Waals surface area contributed by atoms with E-state index in [2.05, 4.69) is 9.97 Å². The van der Waals surface area contributed by atoms with Gasteiger partial charge in [-0.05, 0) is 48.9 Å². The number of thiazole rings is 1. The number of Topliss-reactive ketones (excluding diaryl/α,β-unsaturated/α-hetero) is 1. The van der Waals surface area contributed by atoms with E-state index < -0.39 is 0 Å². The highest BCUT2D eigenvalue weighted by molar-refractivity contribution is 7.22. The zero-order chi connectivity index (χ0) is 20.4. The van der Waals surface area contributed by atoms with Crippen LogP contribution in [0.4, 0.5) is 5.13 Å². The summed E-state index contributed by atoms with van der Waals surface area (Å²) in [6.45, 7) is 1.83. The van der Waals surface area contributed by atoms with Gasteiger partial charge >= 0.3 is 0 Å². The monoisotopic (exact) mass is 421 g/mol. The molecule has 0 atom stereocenters. The summed E-state index contributed by atoms with van der Waals surface area (Å²) in [5.41, 5.74) is 2.72. The zero-order valence-electron chi connectivity index (χ0n) is 15.5. The number of hydrogen-bond donors (Lipinski definition) is 0. The van der Waals surface area contributed by atoms with Gasteiger partial charge in [-0.15, -0.1) is 0 Å². The Morgan fingerprint density at radius 2 is 1.83 bits per heavy atom. The van der Waals surface area contributed by atoms with Gasteiger partial charge in [0.2, 0.25) is 0 Å². The lowest BCUT2D eigenvalue weighted by Gasteiger charge is -2.20. The van der Waals surface area contributed by atoms with Crippen molar-refractivity contribution in [2.45, 2.75) is 13.5 Å². The van der Waals surface area contributed by atoms with Crippen LogP contribution in [0.15, 0.2) is 67.0 Å². The van der Waals surface area contributed by atoms with Crippen LogP contribution in [0.1, 0.15) is 33.2 Å². The molecule has 0 N–H and O–H groups in total. The van der Waals surface area contributed by atoms with Crippen LogP contribution in [0.5, 0.6) is 0 Å². The molecule has 1 amide bonds. The third-order valence-electron chi connectivity index (χ3n) is 4.42. The number of amides is 1. The number of hydrogen-bond acceptors (Lipinski definition) is 5. The molecule has 2 aromatic carbocycles. The van der Waals surface area contributed by atoms with E-state index in [-0.39, 0.29) is 11.7 Å². The predicted molar refractivity (Wildman–Crippen MR) is 116 cm³/mol. The number of ketones is 1. The van der Waals surface area contributed by atoms with Gasteiger partial charge in [-0.2, -0.15) is 0 Å². The van der Waals surface area contributed by atoms with Gasteiger partial charge in [-0.25, -0.2) is 4.98 Å². The summed E-state index contributed by atoms with van der Waals surface area (Å²) in [7, 11) is 0. The van der Waals surface area contributed by atoms with Gasteiger partial charge in [-0.1, -0.05) is 41.1 Å². The van der Waals surface area contributed by atoms with Crippen LogP contribution in [-0.4, -0.2) is 21.7 Å². The highest BCUT2D eigenvalue weighted by Gasteiger charge is 2.22. The van der Waals surface area contributed by atoms with E-state index in [1.54, 1.807) is 47.6 Å². The Morgan fingerprint density at radius 1 is 1.07 bits per heavy atom. The average Bonchev–Trinajstić information content (AvgIpc) is 3.15. The van der Waals surface area contributed by atoms with E-state index in [1.807, 2.05) is 24.3 Å². The Labute approximate surface area is 176 Å². The van der Waals surface area contributed by atoms with Gasteiger partial charge in [0.25, 0.3) is 5.91 Å². The fraction of sp³-hybridized carbons (Fsp3) is 0.0909. The number of aromatic nitrogens is 2. The van der Waals surface area contributed by atoms with Gasteiger partial charge in [0.15, 0.2) is 10.9 Å². The molecule has 4 rings (SSSR count). The SMILES string of the molecule is CC(=O)c1ccc(C(=O)N(Cc2cccnc2)c2nc3ccc(Cl)cc3s2)cc1. The molecule has 0 bridgehead atoms. The summed E-state index contributed by atoms with van der Waals surface area (Å²) in [6.07, 6.45) is 3.42. The maximum Gasteiger partial charge on any atom is 0.260 e. The van der Waals surface area contributed by atoms with E-state index in [1.165, 1.54) is 18.3 Å². The number of rotatable bonds is 5. The minimum Gasteiger partial charge on any atom is -0.295 e. The lowest BCUT2D eigenvalue weighted by Crippen LogP contribution is -2.30. The standard InChI is InChI=1S/C22H16ClN3O2S/c1-14(27)16-4-6-17(7-5-16)21(28)26(13-15-3-2-10-24-12-15)22-25-19-9-8-18(23)11-20(19)29-22/h2-12H,13H2,1H3. The third kappa shape index (κ3) is 4.18. The Bertz CT molecular complexity index is 1190. The van der Waals surface area contributed by atoms with Crippen molar-refractivity contribution in [2.75, 3.05) is 4.90 Å². The van der Waals surface area contributed by atoms with Crippen LogP contribution >= 0.6 is 22.9 Å². The van der Waals surface area contributed by atoms with Crippen LogP contribution in [0.2, 0.25) is 5.02 Å². The van der Waals surface area contributed by atoms with Crippen molar-refractivity contribution in [2.24, 2.45) is 0 Å². The van der Waals surface area contributed by atoms with Gasteiger partial charge < -0.3 is 0 Å². The Kier molecular flexibility index (Phi) is 5.38. The van der Waals surface area contributed by atoms with E-state index in [0.29, 0.717) is 27.8 Å². The summed E-state index contributed by atoms with van der Waals surface area (Å²) in [6, 6.07) is 15.9. The van der Waals surface area contributed by atoms with Crippen LogP contribution in [0, 0.1) is 0 Å². The first kappa shape index (κ1) is 19.2. The normalized spacial score (nSPS) is 10.8. The van der Waals surface area contributed by atoms with E-state index >= 15 is 0 Å². The molecular weight excluding hydrogens is 406 g/mol. The molecule has 7 heteroatoms. The van der Waals surface area contributed by atoms with Crippen LogP contribution in [-0.2, 0) is 6.54 Å². The highest BCUT2D eigenvalue weighted by atomic mass is 35.5. The van der Waals surface area contributed by atoms with Crippen molar-refractivity contribution in [1.29, 1.82) is 0 Å². The van der Waals surface area contributed by atoms with Crippen molar-refractivity contribution < 1.29 is 9.59 Å². The van der Waals surface area contributed by atoms with E-state index in [0.717, 1.165) is 15.8 Å². The molecule has 4 aromatic rings. The predicted octanol–water partition coefficient (Wildman–Crippen LogP) is 5.39. The lowest BCUT2D eigenvalue weighted by molar-refractivity contribution is 0.0981. The molecular formula is C22H16ClN3O2S. The summed E-state index contributed by atoms with van der Waals surface area (Å²) in [5, 5.41) is 1.20. The maximum atomic E-state index is 13.3. The highest BCUT2D eigenvalue weighted by Crippen LogP contribution is 2.32. The zero-order valence-corrected chi connectivity index (χ0v) is 17.1. The second kappa shape index (κ2) is 8.11. The summed E-state index contributed by atoms with van der Waals surface area (Å²) < 4.78 is 0.906. The first-order chi connectivity index (χ1) is 14.0. The fourth-order valence-corrected chi connectivity index (χ4v) is 4.14. The second-order valence-electron chi connectivity index (χ2n) is 6.49. The molecule has 0 aliphatic carbocycles. The van der Waals surface area contributed by atoms with E-state index in [9.17, 15) is 9.59 Å². The van der Waals surface area contributed by atoms with Crippen molar-refractivity contribution >= 4 is 50.0 Å². The molecule has 0 aliphatic heterocycles. The van der Waals surface area contributed by atoms with Gasteiger partial charge in [0, 0.05) is 28.5 Å². The molecule has 0 saturated carbocycles. The molecule has 0 saturated heterocycles. The Balaban J connectivity index is 1.74. The number of anilines is 1. The molecule has 0 fully saturated rings. The number of halogens is 1. The van der Waals surface area contributed by atoms with Crippen LogP contribution < -0.4 is 4.90 Å². The number of nitrogens with zero attached hydrogens (tertiary/aromatic N) is 3. The largest absolute Gasteiger partial charge is 0.295 e. The second-order valence-corrected chi connectivity index (χ2v) is 7.94. The molecule has 5 nitrogen and oxygen atoms in total. The quantitative estimate of drug-likeness (QED) is 0.405. The van der Waals surface area contributed by atoms with Crippen molar-refractivity contribution in [1.82, 2.24) is 9.97 Å². The number of benzene rings is 2. The van der Waals surface area contributed by atoms with Crippen molar-refractivity contribution in [3.63, 3.8) is 0 Å². The molecule has 0 spiro atoms. The van der Waals surface area contributed by atoms with Gasteiger partial charge in [0.05, 0.1) is 16.8 Å². The molecule has 144 valence electrons. The minimum atomic E-state index is -0.200. The summed E-state index contributed by atoms with van der Waals surface area (Å²) in [5.74, 6) is -0.242. The number of carbonyl (C=O) groups excluding carboxylic acids is 2. The molecule has 2 heterocycles. The molecule has 0 aliphatic rings. The first-order valence-electron chi connectivity index (χ1n) is 8.89. The topological polar surface area (TPSA) is 63.2 Å². The summed E-state index contributed by atoms with van der Waals surface area (Å²) in [4.78, 5) is 35.3. The van der Waals surface area contributed by atoms with Crippen LogP contribution in [0.25, 0.3) is 10.2 Å². The minimum absolute atomic E-state index is 0.0423. The smallest absolute Gasteiger partial charge is 0.260 e. The van der Waals surface area contributed by atoms with Gasteiger partial charge in [-0.3, -0.25) is 19.5 Å². The average molecular weight is 422 g/mol. The van der Waals surface area contributed by atoms with Gasteiger partial charge in [0.1, 0.15) is 0 Å². The Hall–Kier alpha value is -3.09. The number of pyridine rings is 1.